The van der Waals surface area contributed by atoms with Gasteiger partial charge in [0.05, 0.1) is 6.26 Å². The molecule has 2 heteroatoms. The summed E-state index contributed by atoms with van der Waals surface area (Å²) in [5.41, 5.74) is 0. The highest BCUT2D eigenvalue weighted by molar-refractivity contribution is 5.81. The van der Waals surface area contributed by atoms with Crippen molar-refractivity contribution in [2.75, 3.05) is 0 Å². The van der Waals surface area contributed by atoms with E-state index in [2.05, 4.69) is 13.5 Å². The zero-order valence-electron chi connectivity index (χ0n) is 9.71. The third kappa shape index (κ3) is 10.9. The lowest BCUT2D eigenvalue weighted by molar-refractivity contribution is -0.132. The number of allylic oxidation sites excluding steroid dienone is 1. The first-order valence-corrected chi connectivity index (χ1v) is 5.79. The van der Waals surface area contributed by atoms with Crippen LogP contribution in [0.4, 0.5) is 0 Å². The Bertz CT molecular complexity index is 195. The Balaban J connectivity index is 3.16. The van der Waals surface area contributed by atoms with Crippen molar-refractivity contribution in [2.45, 2.75) is 51.9 Å². The number of hydrogen-bond acceptors (Lipinski definition) is 2. The molecule has 0 aromatic carbocycles. The monoisotopic (exact) mass is 210 g/mol. The van der Waals surface area contributed by atoms with Crippen LogP contribution in [0.25, 0.3) is 0 Å². The molecule has 0 unspecified atom stereocenters. The van der Waals surface area contributed by atoms with E-state index in [0.29, 0.717) is 0 Å². The van der Waals surface area contributed by atoms with Gasteiger partial charge in [-0.05, 0) is 18.9 Å². The summed E-state index contributed by atoms with van der Waals surface area (Å²) in [6.45, 7) is 5.53. The molecule has 0 spiro atoms. The number of hydrogen-bond donors (Lipinski definition) is 0. The van der Waals surface area contributed by atoms with E-state index in [0.717, 1.165) is 12.5 Å². The maximum Gasteiger partial charge on any atom is 0.334 e. The average molecular weight is 210 g/mol. The normalized spacial score (nSPS) is 10.5. The Hall–Kier alpha value is -1.05. The molecule has 0 aliphatic rings. The average Bonchev–Trinajstić information content (AvgIpc) is 2.26. The van der Waals surface area contributed by atoms with Gasteiger partial charge < -0.3 is 4.74 Å². The van der Waals surface area contributed by atoms with Gasteiger partial charge in [-0.25, -0.2) is 4.79 Å². The van der Waals surface area contributed by atoms with Crippen molar-refractivity contribution in [3.8, 4) is 0 Å². The molecule has 0 bridgehead atoms. The highest BCUT2D eigenvalue weighted by Gasteiger charge is 1.90. The number of esters is 1. The van der Waals surface area contributed by atoms with Crippen molar-refractivity contribution in [1.29, 1.82) is 0 Å². The number of carbonyl (C=O) groups is 1. The maximum atomic E-state index is 10.6. The summed E-state index contributed by atoms with van der Waals surface area (Å²) in [5, 5.41) is 0. The molecular weight excluding hydrogens is 188 g/mol. The lowest BCUT2D eigenvalue weighted by Crippen LogP contribution is -1.91. The highest BCUT2D eigenvalue weighted by Crippen LogP contribution is 2.07. The molecule has 0 aliphatic heterocycles. The van der Waals surface area contributed by atoms with E-state index >= 15 is 0 Å². The van der Waals surface area contributed by atoms with Crippen LogP contribution < -0.4 is 0 Å². The Morgan fingerprint density at radius 1 is 1.20 bits per heavy atom. The van der Waals surface area contributed by atoms with Gasteiger partial charge in [-0.15, -0.1) is 0 Å². The highest BCUT2D eigenvalue weighted by atomic mass is 16.5. The molecule has 0 atom stereocenters. The van der Waals surface area contributed by atoms with Crippen LogP contribution >= 0.6 is 0 Å². The molecule has 0 radical (unpaired) electrons. The fourth-order valence-electron chi connectivity index (χ4n) is 1.27. The summed E-state index contributed by atoms with van der Waals surface area (Å²) < 4.78 is 4.70. The summed E-state index contributed by atoms with van der Waals surface area (Å²) >= 11 is 0. The zero-order chi connectivity index (χ0) is 11.4. The standard InChI is InChI=1S/C13H22O2/c1-3-5-6-7-8-9-10-11-12-15-13(14)4-2/h4,11-12H,2-3,5-10H2,1H3/b12-11+. The fourth-order valence-corrected chi connectivity index (χ4v) is 1.27. The Kier molecular flexibility index (Phi) is 10.3. The Labute approximate surface area is 93.0 Å². The van der Waals surface area contributed by atoms with Crippen LogP contribution in [-0.2, 0) is 9.53 Å². The molecule has 0 amide bonds. The first-order chi connectivity index (χ1) is 7.31. The topological polar surface area (TPSA) is 26.3 Å². The SMILES string of the molecule is C=CC(=O)O/C=C/CCCCCCCC. The van der Waals surface area contributed by atoms with E-state index in [1.165, 1.54) is 44.8 Å². The van der Waals surface area contributed by atoms with Crippen LogP contribution in [0, 0.1) is 0 Å². The van der Waals surface area contributed by atoms with Gasteiger partial charge in [-0.1, -0.05) is 45.6 Å². The van der Waals surface area contributed by atoms with Gasteiger partial charge in [0.25, 0.3) is 0 Å². The largest absolute Gasteiger partial charge is 0.432 e. The van der Waals surface area contributed by atoms with Crippen molar-refractivity contribution in [3.05, 3.63) is 25.0 Å². The van der Waals surface area contributed by atoms with Crippen molar-refractivity contribution < 1.29 is 9.53 Å². The summed E-state index contributed by atoms with van der Waals surface area (Å²) in [6.07, 6.45) is 13.2. The van der Waals surface area contributed by atoms with Gasteiger partial charge in [0.2, 0.25) is 0 Å². The first-order valence-electron chi connectivity index (χ1n) is 5.79. The molecule has 0 saturated heterocycles. The van der Waals surface area contributed by atoms with E-state index in [4.69, 9.17) is 4.74 Å². The predicted octanol–water partition coefficient (Wildman–Crippen LogP) is 3.98. The molecule has 0 aliphatic carbocycles. The van der Waals surface area contributed by atoms with E-state index in [-0.39, 0.29) is 0 Å². The molecule has 15 heavy (non-hydrogen) atoms. The van der Waals surface area contributed by atoms with Gasteiger partial charge in [0.15, 0.2) is 0 Å². The van der Waals surface area contributed by atoms with Crippen molar-refractivity contribution in [3.63, 3.8) is 0 Å². The molecule has 0 N–H and O–H groups in total. The number of ether oxygens (including phenoxy) is 1. The summed E-state index contributed by atoms with van der Waals surface area (Å²) in [5.74, 6) is -0.394. The lowest BCUT2D eigenvalue weighted by Gasteiger charge is -1.97. The van der Waals surface area contributed by atoms with Gasteiger partial charge >= 0.3 is 5.97 Å². The maximum absolute atomic E-state index is 10.6. The van der Waals surface area contributed by atoms with E-state index in [1.807, 2.05) is 6.08 Å². The van der Waals surface area contributed by atoms with Gasteiger partial charge in [0.1, 0.15) is 0 Å². The Morgan fingerprint density at radius 2 is 1.87 bits per heavy atom. The molecule has 2 nitrogen and oxygen atoms in total. The number of rotatable bonds is 9. The molecule has 0 heterocycles. The minimum Gasteiger partial charge on any atom is -0.432 e. The smallest absolute Gasteiger partial charge is 0.334 e. The molecule has 86 valence electrons. The van der Waals surface area contributed by atoms with Crippen LogP contribution in [-0.4, -0.2) is 5.97 Å². The van der Waals surface area contributed by atoms with Gasteiger partial charge in [-0.3, -0.25) is 0 Å². The summed E-state index contributed by atoms with van der Waals surface area (Å²) in [6, 6.07) is 0. The fraction of sp³-hybridized carbons (Fsp3) is 0.615. The molecule has 0 aromatic rings. The second-order valence-electron chi connectivity index (χ2n) is 3.57. The van der Waals surface area contributed by atoms with Crippen LogP contribution in [0.1, 0.15) is 51.9 Å². The number of unbranched alkanes of at least 4 members (excludes halogenated alkanes) is 6. The first kappa shape index (κ1) is 13.9. The molecule has 0 fully saturated rings. The zero-order valence-corrected chi connectivity index (χ0v) is 9.71. The minimum atomic E-state index is -0.394. The van der Waals surface area contributed by atoms with Crippen LogP contribution in [0.5, 0.6) is 0 Å². The minimum absolute atomic E-state index is 0.394. The third-order valence-electron chi connectivity index (χ3n) is 2.17. The van der Waals surface area contributed by atoms with Crippen LogP contribution in [0.15, 0.2) is 25.0 Å². The molecule has 0 rings (SSSR count). The molecule has 0 saturated carbocycles. The van der Waals surface area contributed by atoms with Crippen LogP contribution in [0.2, 0.25) is 0 Å². The predicted molar refractivity (Wildman–Crippen MR) is 63.4 cm³/mol. The lowest BCUT2D eigenvalue weighted by atomic mass is 10.1. The van der Waals surface area contributed by atoms with Crippen molar-refractivity contribution in [1.82, 2.24) is 0 Å². The summed E-state index contributed by atoms with van der Waals surface area (Å²) in [4.78, 5) is 10.6. The number of carbonyl (C=O) groups excluding carboxylic acids is 1. The van der Waals surface area contributed by atoms with E-state index < -0.39 is 5.97 Å². The Morgan fingerprint density at radius 3 is 2.53 bits per heavy atom. The molecule has 0 aromatic heterocycles. The van der Waals surface area contributed by atoms with Crippen LogP contribution in [0.3, 0.4) is 0 Å². The second-order valence-corrected chi connectivity index (χ2v) is 3.57. The van der Waals surface area contributed by atoms with Gasteiger partial charge in [0, 0.05) is 6.08 Å². The van der Waals surface area contributed by atoms with Gasteiger partial charge in [-0.2, -0.15) is 0 Å². The van der Waals surface area contributed by atoms with Crippen molar-refractivity contribution >= 4 is 5.97 Å². The molecular formula is C13H22O2. The second kappa shape index (κ2) is 11.0. The van der Waals surface area contributed by atoms with E-state index in [9.17, 15) is 4.79 Å². The van der Waals surface area contributed by atoms with E-state index in [1.54, 1.807) is 0 Å². The van der Waals surface area contributed by atoms with Crippen molar-refractivity contribution in [2.24, 2.45) is 0 Å². The summed E-state index contributed by atoms with van der Waals surface area (Å²) in [7, 11) is 0. The quantitative estimate of drug-likeness (QED) is 0.249. The third-order valence-corrected chi connectivity index (χ3v) is 2.17.